The van der Waals surface area contributed by atoms with Crippen LogP contribution in [-0.2, 0) is 4.79 Å². The lowest BCUT2D eigenvalue weighted by molar-refractivity contribution is -0.127. The van der Waals surface area contributed by atoms with Gasteiger partial charge in [-0.25, -0.2) is 13.8 Å². The molecule has 0 radical (unpaired) electrons. The molecule has 39 heavy (non-hydrogen) atoms. The minimum Gasteiger partial charge on any atom is -0.494 e. The van der Waals surface area contributed by atoms with Crippen LogP contribution in [0, 0.1) is 29.6 Å². The third kappa shape index (κ3) is 6.36. The van der Waals surface area contributed by atoms with Crippen molar-refractivity contribution < 1.29 is 23.1 Å². The van der Waals surface area contributed by atoms with Gasteiger partial charge in [-0.3, -0.25) is 19.9 Å². The number of likely N-dealkylation sites (tertiary alicyclic amines) is 1. The third-order valence-electron chi connectivity index (χ3n) is 6.03. The van der Waals surface area contributed by atoms with Crippen molar-refractivity contribution in [2.45, 2.75) is 32.1 Å². The third-order valence-corrected chi connectivity index (χ3v) is 6.79. The highest BCUT2D eigenvalue weighted by Crippen LogP contribution is 2.35. The molecule has 5 rings (SSSR count). The highest BCUT2D eigenvalue weighted by molar-refractivity contribution is 7.15. The van der Waals surface area contributed by atoms with Gasteiger partial charge in [-0.15, -0.1) is 10.2 Å². The minimum atomic E-state index is -2.83. The standard InChI is InChI=1S/C27H22F2N6O3S/c1-38-22-15-31-21(25(28)29)13-19(22)18-12-17(4-2-10-35-11-3-5-24(35)36)30-14-20(18)26(37)32-27-34-33-23(39-27)9-8-16-6-7-16/h12-16,25H,3,5-7,10-11H2,1H3,(H,32,34,37). The molecule has 0 unspecified atom stereocenters. The molecule has 1 aliphatic carbocycles. The van der Waals surface area contributed by atoms with E-state index in [0.29, 0.717) is 29.6 Å². The Morgan fingerprint density at radius 3 is 2.77 bits per heavy atom. The Balaban J connectivity index is 1.48. The number of carbonyl (C=O) groups excluding carboxylic acids is 2. The number of halogens is 2. The molecule has 4 heterocycles. The lowest BCUT2D eigenvalue weighted by atomic mass is 9.99. The lowest BCUT2D eigenvalue weighted by Crippen LogP contribution is -2.24. The van der Waals surface area contributed by atoms with E-state index in [2.05, 4.69) is 49.2 Å². The van der Waals surface area contributed by atoms with Crippen LogP contribution in [0.15, 0.2) is 24.5 Å². The van der Waals surface area contributed by atoms with Gasteiger partial charge in [0.05, 0.1) is 25.4 Å². The fourth-order valence-corrected chi connectivity index (χ4v) is 4.46. The van der Waals surface area contributed by atoms with Crippen molar-refractivity contribution in [3.63, 3.8) is 0 Å². The van der Waals surface area contributed by atoms with Gasteiger partial charge in [-0.2, -0.15) is 0 Å². The first-order chi connectivity index (χ1) is 18.9. The van der Waals surface area contributed by atoms with Crippen molar-refractivity contribution in [3.05, 3.63) is 46.5 Å². The molecule has 9 nitrogen and oxygen atoms in total. The smallest absolute Gasteiger partial charge is 0.280 e. The van der Waals surface area contributed by atoms with Gasteiger partial charge in [0.15, 0.2) is 5.01 Å². The van der Waals surface area contributed by atoms with Crippen LogP contribution in [0.2, 0.25) is 0 Å². The number of anilines is 1. The summed E-state index contributed by atoms with van der Waals surface area (Å²) in [5.41, 5.74) is 0.391. The molecule has 2 fully saturated rings. The predicted molar refractivity (Wildman–Crippen MR) is 139 cm³/mol. The fourth-order valence-electron chi connectivity index (χ4n) is 3.86. The number of hydrogen-bond donors (Lipinski definition) is 1. The summed E-state index contributed by atoms with van der Waals surface area (Å²) < 4.78 is 32.4. The van der Waals surface area contributed by atoms with E-state index in [-0.39, 0.29) is 40.0 Å². The Bertz CT molecular complexity index is 1550. The number of amides is 2. The summed E-state index contributed by atoms with van der Waals surface area (Å²) in [4.78, 5) is 34.9. The summed E-state index contributed by atoms with van der Waals surface area (Å²) in [6, 6.07) is 2.69. The van der Waals surface area contributed by atoms with Gasteiger partial charge in [-0.1, -0.05) is 23.2 Å². The van der Waals surface area contributed by atoms with E-state index in [4.69, 9.17) is 4.74 Å². The zero-order valence-electron chi connectivity index (χ0n) is 20.8. The predicted octanol–water partition coefficient (Wildman–Crippen LogP) is 3.93. The average Bonchev–Trinajstić information content (AvgIpc) is 3.52. The van der Waals surface area contributed by atoms with Gasteiger partial charge < -0.3 is 9.64 Å². The zero-order chi connectivity index (χ0) is 27.4. The van der Waals surface area contributed by atoms with E-state index in [1.54, 1.807) is 4.90 Å². The highest BCUT2D eigenvalue weighted by atomic mass is 32.1. The monoisotopic (exact) mass is 548 g/mol. The van der Waals surface area contributed by atoms with Gasteiger partial charge in [-0.05, 0) is 43.2 Å². The topological polar surface area (TPSA) is 110 Å². The van der Waals surface area contributed by atoms with Gasteiger partial charge in [0.25, 0.3) is 12.3 Å². The van der Waals surface area contributed by atoms with E-state index in [9.17, 15) is 18.4 Å². The molecule has 0 spiro atoms. The van der Waals surface area contributed by atoms with Crippen LogP contribution in [0.5, 0.6) is 5.75 Å². The van der Waals surface area contributed by atoms with Crippen LogP contribution in [0.4, 0.5) is 13.9 Å². The molecule has 3 aromatic rings. The number of hydrogen-bond acceptors (Lipinski definition) is 8. The van der Waals surface area contributed by atoms with Crippen LogP contribution < -0.4 is 10.1 Å². The molecule has 0 aromatic carbocycles. The molecule has 1 N–H and O–H groups in total. The number of methoxy groups -OCH3 is 1. The normalized spacial score (nSPS) is 14.5. The van der Waals surface area contributed by atoms with Crippen LogP contribution in [0.3, 0.4) is 0 Å². The molecule has 3 aromatic heterocycles. The number of carbonyl (C=O) groups is 2. The van der Waals surface area contributed by atoms with E-state index < -0.39 is 18.0 Å². The number of nitrogens with one attached hydrogen (secondary N) is 1. The maximum atomic E-state index is 13.5. The van der Waals surface area contributed by atoms with Crippen LogP contribution in [0.1, 0.15) is 58.9 Å². The number of rotatable bonds is 6. The Kier molecular flexibility index (Phi) is 7.75. The molecular formula is C27H22F2N6O3S. The molecule has 1 saturated carbocycles. The largest absolute Gasteiger partial charge is 0.494 e. The Morgan fingerprint density at radius 1 is 1.21 bits per heavy atom. The summed E-state index contributed by atoms with van der Waals surface area (Å²) in [7, 11) is 1.38. The number of alkyl halides is 2. The molecule has 1 aliphatic heterocycles. The summed E-state index contributed by atoms with van der Waals surface area (Å²) in [5, 5.41) is 11.4. The molecule has 2 aliphatic rings. The molecule has 0 bridgehead atoms. The summed E-state index contributed by atoms with van der Waals surface area (Å²) >= 11 is 1.13. The van der Waals surface area contributed by atoms with E-state index in [1.807, 2.05) is 0 Å². The maximum Gasteiger partial charge on any atom is 0.280 e. The highest BCUT2D eigenvalue weighted by Gasteiger charge is 2.22. The molecule has 12 heteroatoms. The Morgan fingerprint density at radius 2 is 2.05 bits per heavy atom. The summed E-state index contributed by atoms with van der Waals surface area (Å²) in [6.07, 6.45) is 3.12. The quantitative estimate of drug-likeness (QED) is 0.465. The van der Waals surface area contributed by atoms with Gasteiger partial charge >= 0.3 is 0 Å². The van der Waals surface area contributed by atoms with E-state index in [1.165, 1.54) is 31.6 Å². The van der Waals surface area contributed by atoms with Crippen molar-refractivity contribution in [3.8, 4) is 40.6 Å². The molecule has 1 saturated heterocycles. The Hall–Kier alpha value is -4.42. The van der Waals surface area contributed by atoms with Gasteiger partial charge in [0, 0.05) is 36.2 Å². The van der Waals surface area contributed by atoms with E-state index in [0.717, 1.165) is 30.6 Å². The number of nitrogens with zero attached hydrogens (tertiary/aromatic N) is 5. The van der Waals surface area contributed by atoms with Gasteiger partial charge in [0.2, 0.25) is 11.0 Å². The van der Waals surface area contributed by atoms with Crippen LogP contribution >= 0.6 is 11.3 Å². The molecule has 198 valence electrons. The van der Waals surface area contributed by atoms with Crippen molar-refractivity contribution in [2.75, 3.05) is 25.5 Å². The SMILES string of the molecule is COc1cnc(C(F)F)cc1-c1cc(C#CCN2CCCC2=O)ncc1C(=O)Nc1nnc(C#CC2CC2)s1. The molecule has 2 amide bonds. The lowest BCUT2D eigenvalue weighted by Gasteiger charge is -2.14. The number of aromatic nitrogens is 4. The zero-order valence-corrected chi connectivity index (χ0v) is 21.6. The first-order valence-corrected chi connectivity index (χ1v) is 13.0. The number of ether oxygens (including phenoxy) is 1. The number of pyridine rings is 2. The second kappa shape index (κ2) is 11.5. The maximum absolute atomic E-state index is 13.5. The summed E-state index contributed by atoms with van der Waals surface area (Å²) in [5.74, 6) is 11.9. The first kappa shape index (κ1) is 26.2. The first-order valence-electron chi connectivity index (χ1n) is 12.2. The van der Waals surface area contributed by atoms with Crippen molar-refractivity contribution in [2.24, 2.45) is 5.92 Å². The minimum absolute atomic E-state index is 0.0457. The molecular weight excluding hydrogens is 526 g/mol. The van der Waals surface area contributed by atoms with Crippen molar-refractivity contribution in [1.82, 2.24) is 25.1 Å². The van der Waals surface area contributed by atoms with E-state index >= 15 is 0 Å². The van der Waals surface area contributed by atoms with Crippen molar-refractivity contribution in [1.29, 1.82) is 0 Å². The Labute approximate surface area is 227 Å². The summed E-state index contributed by atoms with van der Waals surface area (Å²) in [6.45, 7) is 0.893. The second-order valence-corrected chi connectivity index (χ2v) is 9.83. The fraction of sp³-hybridized carbons (Fsp3) is 0.333. The van der Waals surface area contributed by atoms with Crippen molar-refractivity contribution >= 4 is 28.3 Å². The van der Waals surface area contributed by atoms with Gasteiger partial charge in [0.1, 0.15) is 17.1 Å². The van der Waals surface area contributed by atoms with Crippen LogP contribution in [0.25, 0.3) is 11.1 Å². The average molecular weight is 549 g/mol. The van der Waals surface area contributed by atoms with Crippen LogP contribution in [-0.4, -0.2) is 57.1 Å². The molecule has 0 atom stereocenters. The second-order valence-electron chi connectivity index (χ2n) is 8.86.